The van der Waals surface area contributed by atoms with Crippen molar-refractivity contribution >= 4 is 44.8 Å². The van der Waals surface area contributed by atoms with E-state index < -0.39 is 0 Å². The summed E-state index contributed by atoms with van der Waals surface area (Å²) >= 11 is 9.59. The first kappa shape index (κ1) is 17.8. The summed E-state index contributed by atoms with van der Waals surface area (Å²) in [5, 5.41) is 3.49. The lowest BCUT2D eigenvalue weighted by Gasteiger charge is -2.12. The first-order valence-corrected chi connectivity index (χ1v) is 8.79. The average molecular weight is 423 g/mol. The molecule has 1 N–H and O–H groups in total. The van der Waals surface area contributed by atoms with Crippen LogP contribution in [0.2, 0.25) is 5.02 Å². The van der Waals surface area contributed by atoms with Gasteiger partial charge in [-0.1, -0.05) is 11.6 Å². The summed E-state index contributed by atoms with van der Waals surface area (Å²) < 4.78 is 8.00. The van der Waals surface area contributed by atoms with Crippen molar-refractivity contribution in [1.29, 1.82) is 0 Å². The number of anilines is 1. The van der Waals surface area contributed by atoms with Gasteiger partial charge in [0.25, 0.3) is 5.91 Å². The minimum absolute atomic E-state index is 0.262. The van der Waals surface area contributed by atoms with Crippen LogP contribution in [0.4, 0.5) is 5.69 Å². The molecule has 1 amide bonds. The molecule has 0 aliphatic carbocycles. The van der Waals surface area contributed by atoms with E-state index in [1.54, 1.807) is 16.5 Å². The molecular weight excluding hydrogens is 406 g/mol. The summed E-state index contributed by atoms with van der Waals surface area (Å²) in [6, 6.07) is 5.45. The lowest BCUT2D eigenvalue weighted by Crippen LogP contribution is -2.16. The van der Waals surface area contributed by atoms with Crippen molar-refractivity contribution < 1.29 is 9.53 Å². The van der Waals surface area contributed by atoms with Crippen LogP contribution < -0.4 is 10.1 Å². The Hall–Kier alpha value is -2.05. The number of benzene rings is 1. The van der Waals surface area contributed by atoms with Crippen LogP contribution in [-0.2, 0) is 0 Å². The molecule has 0 atom stereocenters. The summed E-state index contributed by atoms with van der Waals surface area (Å²) in [6.07, 6.45) is 1.83. The highest BCUT2D eigenvalue weighted by Gasteiger charge is 2.20. The first-order valence-electron chi connectivity index (χ1n) is 7.62. The molecule has 25 heavy (non-hydrogen) atoms. The number of carbonyl (C=O) groups is 1. The van der Waals surface area contributed by atoms with E-state index in [2.05, 4.69) is 26.2 Å². The second-order valence-corrected chi connectivity index (χ2v) is 7.16. The molecule has 0 aliphatic rings. The molecule has 0 spiro atoms. The first-order chi connectivity index (χ1) is 11.8. The fourth-order valence-electron chi connectivity index (χ4n) is 2.77. The van der Waals surface area contributed by atoms with Gasteiger partial charge in [-0.15, -0.1) is 0 Å². The number of imidazole rings is 1. The number of ether oxygens (including phenoxy) is 1. The molecule has 0 unspecified atom stereocenters. The number of nitrogens with one attached hydrogen (secondary N) is 1. The van der Waals surface area contributed by atoms with E-state index in [0.717, 1.165) is 21.2 Å². The third-order valence-corrected chi connectivity index (χ3v) is 4.83. The lowest BCUT2D eigenvalue weighted by atomic mass is 10.2. The molecule has 0 radical (unpaired) electrons. The predicted molar refractivity (Wildman–Crippen MR) is 103 cm³/mol. The number of pyridine rings is 1. The highest BCUT2D eigenvalue weighted by molar-refractivity contribution is 9.10. The van der Waals surface area contributed by atoms with E-state index in [1.165, 1.54) is 7.11 Å². The number of fused-ring (bicyclic) bond motifs is 1. The Morgan fingerprint density at radius 1 is 1.24 bits per heavy atom. The lowest BCUT2D eigenvalue weighted by molar-refractivity contribution is 0.102. The molecule has 0 saturated carbocycles. The Morgan fingerprint density at radius 2 is 1.96 bits per heavy atom. The summed E-state index contributed by atoms with van der Waals surface area (Å²) in [6.45, 7) is 5.65. The van der Waals surface area contributed by atoms with Crippen LogP contribution in [0, 0.1) is 20.8 Å². The molecule has 5 nitrogen and oxygen atoms in total. The maximum absolute atomic E-state index is 12.9. The van der Waals surface area contributed by atoms with E-state index in [4.69, 9.17) is 16.3 Å². The second-order valence-electron chi connectivity index (χ2n) is 5.84. The van der Waals surface area contributed by atoms with Crippen molar-refractivity contribution in [3.63, 3.8) is 0 Å². The van der Waals surface area contributed by atoms with Crippen molar-refractivity contribution in [2.45, 2.75) is 20.8 Å². The Balaban J connectivity index is 2.07. The number of carbonyl (C=O) groups excluding carboxylic acids is 1. The molecule has 0 aliphatic heterocycles. The molecule has 130 valence electrons. The molecule has 2 heterocycles. The summed E-state index contributed by atoms with van der Waals surface area (Å²) in [7, 11) is 1.54. The van der Waals surface area contributed by atoms with Gasteiger partial charge in [0.2, 0.25) is 0 Å². The molecule has 1 aromatic carbocycles. The van der Waals surface area contributed by atoms with E-state index in [1.807, 2.05) is 33.0 Å². The number of hydrogen-bond acceptors (Lipinski definition) is 3. The van der Waals surface area contributed by atoms with Crippen LogP contribution in [0.15, 0.2) is 28.9 Å². The number of rotatable bonds is 3. The van der Waals surface area contributed by atoms with Crippen molar-refractivity contribution in [1.82, 2.24) is 9.38 Å². The van der Waals surface area contributed by atoms with Gasteiger partial charge in [-0.25, -0.2) is 4.98 Å². The highest BCUT2D eigenvalue weighted by Crippen LogP contribution is 2.31. The fraction of sp³-hybridized carbons (Fsp3) is 0.222. The monoisotopic (exact) mass is 421 g/mol. The zero-order valence-corrected chi connectivity index (χ0v) is 16.6. The molecule has 0 saturated heterocycles. The highest BCUT2D eigenvalue weighted by atomic mass is 79.9. The normalized spacial score (nSPS) is 11.0. The van der Waals surface area contributed by atoms with Crippen molar-refractivity contribution in [2.75, 3.05) is 12.4 Å². The largest absolute Gasteiger partial charge is 0.495 e. The number of hydrogen-bond donors (Lipinski definition) is 1. The number of halogens is 2. The van der Waals surface area contributed by atoms with Gasteiger partial charge in [0, 0.05) is 21.8 Å². The Labute approximate surface area is 159 Å². The van der Waals surface area contributed by atoms with Gasteiger partial charge in [-0.3, -0.25) is 9.20 Å². The zero-order chi connectivity index (χ0) is 18.3. The average Bonchev–Trinajstić information content (AvgIpc) is 2.87. The fourth-order valence-corrected chi connectivity index (χ4v) is 3.47. The van der Waals surface area contributed by atoms with Crippen LogP contribution in [0.25, 0.3) is 5.65 Å². The third-order valence-electron chi connectivity index (χ3n) is 3.99. The van der Waals surface area contributed by atoms with Crippen LogP contribution in [0.1, 0.15) is 27.3 Å². The van der Waals surface area contributed by atoms with Crippen LogP contribution in [0.5, 0.6) is 5.75 Å². The third kappa shape index (κ3) is 3.24. The Bertz CT molecular complexity index is 998. The van der Waals surface area contributed by atoms with Gasteiger partial charge in [0.1, 0.15) is 17.1 Å². The standard InChI is InChI=1S/C18H17BrClN3O2/c1-9-6-14(15(25-4)7-13(9)20)22-18(24)16-11(3)21-17-10(2)5-12(19)8-23(16)17/h5-8H,1-4H3,(H,22,24). The van der Waals surface area contributed by atoms with Gasteiger partial charge in [0.15, 0.2) is 0 Å². The van der Waals surface area contributed by atoms with Gasteiger partial charge in [-0.05, 0) is 60.0 Å². The quantitative estimate of drug-likeness (QED) is 0.650. The number of nitrogens with zero attached hydrogens (tertiary/aromatic N) is 2. The van der Waals surface area contributed by atoms with Crippen molar-refractivity contribution in [3.05, 3.63) is 56.4 Å². The van der Waals surface area contributed by atoms with E-state index >= 15 is 0 Å². The van der Waals surface area contributed by atoms with Gasteiger partial charge in [0.05, 0.1) is 18.5 Å². The zero-order valence-electron chi connectivity index (χ0n) is 14.3. The summed E-state index contributed by atoms with van der Waals surface area (Å²) in [4.78, 5) is 17.4. The molecule has 0 bridgehead atoms. The molecular formula is C18H17BrClN3O2. The van der Waals surface area contributed by atoms with Gasteiger partial charge >= 0.3 is 0 Å². The van der Waals surface area contributed by atoms with E-state index in [-0.39, 0.29) is 5.91 Å². The topological polar surface area (TPSA) is 55.6 Å². The Kier molecular flexibility index (Phi) is 4.75. The van der Waals surface area contributed by atoms with Crippen LogP contribution >= 0.6 is 27.5 Å². The van der Waals surface area contributed by atoms with Crippen LogP contribution in [-0.4, -0.2) is 22.4 Å². The van der Waals surface area contributed by atoms with Crippen LogP contribution in [0.3, 0.4) is 0 Å². The number of aromatic nitrogens is 2. The minimum Gasteiger partial charge on any atom is -0.495 e. The molecule has 2 aromatic heterocycles. The number of aryl methyl sites for hydroxylation is 3. The number of amides is 1. The number of methoxy groups -OCH3 is 1. The molecule has 0 fully saturated rings. The Morgan fingerprint density at radius 3 is 2.64 bits per heavy atom. The SMILES string of the molecule is COc1cc(Cl)c(C)cc1NC(=O)c1c(C)nc2c(C)cc(Br)cn12. The predicted octanol–water partition coefficient (Wildman–Crippen LogP) is 4.94. The molecule has 3 aromatic rings. The maximum atomic E-state index is 12.9. The molecule has 3 rings (SSSR count). The second kappa shape index (κ2) is 6.69. The maximum Gasteiger partial charge on any atom is 0.274 e. The molecule has 7 heteroatoms. The minimum atomic E-state index is -0.262. The van der Waals surface area contributed by atoms with Gasteiger partial charge in [-0.2, -0.15) is 0 Å². The van der Waals surface area contributed by atoms with Gasteiger partial charge < -0.3 is 10.1 Å². The summed E-state index contributed by atoms with van der Waals surface area (Å²) in [5.41, 5.74) is 4.29. The van der Waals surface area contributed by atoms with E-state index in [0.29, 0.717) is 27.8 Å². The van der Waals surface area contributed by atoms with Crippen molar-refractivity contribution in [2.24, 2.45) is 0 Å². The summed E-state index contributed by atoms with van der Waals surface area (Å²) in [5.74, 6) is 0.246. The van der Waals surface area contributed by atoms with E-state index in [9.17, 15) is 4.79 Å². The smallest absolute Gasteiger partial charge is 0.274 e. The van der Waals surface area contributed by atoms with Crippen molar-refractivity contribution in [3.8, 4) is 5.75 Å².